The van der Waals surface area contributed by atoms with Crippen LogP contribution in [0, 0.1) is 6.92 Å². The van der Waals surface area contributed by atoms with Crippen molar-refractivity contribution < 1.29 is 18.3 Å². The first-order chi connectivity index (χ1) is 8.34. The molecule has 1 aliphatic heterocycles. The zero-order chi connectivity index (χ0) is 13.5. The predicted molar refractivity (Wildman–Crippen MR) is 65.7 cm³/mol. The molecule has 0 aromatic carbocycles. The number of carboxylic acids is 1. The van der Waals surface area contributed by atoms with Crippen molar-refractivity contribution >= 4 is 27.8 Å². The molecule has 0 amide bonds. The lowest BCUT2D eigenvalue weighted by Crippen LogP contribution is -2.41. The van der Waals surface area contributed by atoms with Gasteiger partial charge in [0.1, 0.15) is 11.9 Å². The number of sulfonamides is 1. The third kappa shape index (κ3) is 2.13. The number of aryl methyl sites for hydroxylation is 2. The van der Waals surface area contributed by atoms with E-state index < -0.39 is 22.0 Å². The average Bonchev–Trinajstić information content (AvgIpc) is 2.87. The van der Waals surface area contributed by atoms with Crippen LogP contribution >= 0.6 is 11.8 Å². The van der Waals surface area contributed by atoms with Gasteiger partial charge in [-0.3, -0.25) is 4.79 Å². The van der Waals surface area contributed by atoms with Crippen molar-refractivity contribution in [3.63, 3.8) is 0 Å². The molecule has 0 radical (unpaired) electrons. The van der Waals surface area contributed by atoms with E-state index in [-0.39, 0.29) is 16.7 Å². The van der Waals surface area contributed by atoms with Crippen LogP contribution in [0.1, 0.15) is 5.82 Å². The van der Waals surface area contributed by atoms with E-state index in [1.165, 1.54) is 18.0 Å². The Morgan fingerprint density at radius 1 is 1.61 bits per heavy atom. The van der Waals surface area contributed by atoms with E-state index >= 15 is 0 Å². The van der Waals surface area contributed by atoms with Crippen molar-refractivity contribution in [2.24, 2.45) is 7.05 Å². The highest BCUT2D eigenvalue weighted by Crippen LogP contribution is 2.27. The topological polar surface area (TPSA) is 92.5 Å². The molecule has 0 aliphatic carbocycles. The van der Waals surface area contributed by atoms with E-state index in [0.717, 1.165) is 4.31 Å². The minimum Gasteiger partial charge on any atom is -0.480 e. The lowest BCUT2D eigenvalue weighted by atomic mass is 10.4. The van der Waals surface area contributed by atoms with Crippen molar-refractivity contribution in [3.05, 3.63) is 12.0 Å². The number of rotatable bonds is 3. The minimum atomic E-state index is -3.83. The molecule has 1 aromatic heterocycles. The second kappa shape index (κ2) is 4.56. The number of carboxylic acid groups (broad SMARTS) is 1. The zero-order valence-electron chi connectivity index (χ0n) is 9.90. The maximum Gasteiger partial charge on any atom is 0.322 e. The van der Waals surface area contributed by atoms with Crippen molar-refractivity contribution in [2.75, 3.05) is 11.6 Å². The predicted octanol–water partition coefficient (Wildman–Crippen LogP) is -0.123. The van der Waals surface area contributed by atoms with E-state index in [4.69, 9.17) is 5.11 Å². The van der Waals surface area contributed by atoms with Crippen molar-refractivity contribution in [1.29, 1.82) is 0 Å². The largest absolute Gasteiger partial charge is 0.480 e. The van der Waals surface area contributed by atoms with Crippen LogP contribution in [0.4, 0.5) is 0 Å². The number of carbonyl (C=O) groups is 1. The van der Waals surface area contributed by atoms with Crippen LogP contribution in [0.2, 0.25) is 0 Å². The summed E-state index contributed by atoms with van der Waals surface area (Å²) in [7, 11) is -2.15. The first-order valence-electron chi connectivity index (χ1n) is 5.16. The quantitative estimate of drug-likeness (QED) is 0.834. The van der Waals surface area contributed by atoms with Gasteiger partial charge in [-0.05, 0) is 6.92 Å². The summed E-state index contributed by atoms with van der Waals surface area (Å²) in [5.41, 5.74) is 0. The maximum atomic E-state index is 12.3. The summed E-state index contributed by atoms with van der Waals surface area (Å²) in [5, 5.41) is 8.91. The smallest absolute Gasteiger partial charge is 0.322 e. The van der Waals surface area contributed by atoms with Gasteiger partial charge in [0.15, 0.2) is 5.03 Å². The second-order valence-corrected chi connectivity index (χ2v) is 6.82. The molecular formula is C9H13N3O4S2. The van der Waals surface area contributed by atoms with Crippen LogP contribution in [0.5, 0.6) is 0 Å². The van der Waals surface area contributed by atoms with Gasteiger partial charge in [0.25, 0.3) is 10.0 Å². The first kappa shape index (κ1) is 13.4. The van der Waals surface area contributed by atoms with Crippen LogP contribution in [0.3, 0.4) is 0 Å². The molecule has 1 fully saturated rings. The van der Waals surface area contributed by atoms with Gasteiger partial charge in [-0.2, -0.15) is 4.31 Å². The Balaban J connectivity index is 2.39. The minimum absolute atomic E-state index is 0.101. The molecule has 0 bridgehead atoms. The molecule has 1 atom stereocenters. The van der Waals surface area contributed by atoms with Crippen molar-refractivity contribution in [1.82, 2.24) is 13.9 Å². The van der Waals surface area contributed by atoms with Crippen molar-refractivity contribution in [3.8, 4) is 0 Å². The van der Waals surface area contributed by atoms with Crippen LogP contribution in [0.15, 0.2) is 11.2 Å². The van der Waals surface area contributed by atoms with Crippen LogP contribution in [0.25, 0.3) is 0 Å². The standard InChI is InChI=1S/C9H13N3O4S2/c1-6-10-8(3-11(6)2)18(15,16)12-5-17-4-7(12)9(13)14/h3,7H,4-5H2,1-2H3,(H,13,14). The summed E-state index contributed by atoms with van der Waals surface area (Å²) in [5.74, 6) is -0.154. The molecule has 100 valence electrons. The molecule has 1 saturated heterocycles. The summed E-state index contributed by atoms with van der Waals surface area (Å²) in [6, 6.07) is -1.01. The van der Waals surface area contributed by atoms with Crippen molar-refractivity contribution in [2.45, 2.75) is 18.0 Å². The summed E-state index contributed by atoms with van der Waals surface area (Å²) in [4.78, 5) is 15.0. The Hall–Kier alpha value is -1.06. The zero-order valence-corrected chi connectivity index (χ0v) is 11.5. The highest BCUT2D eigenvalue weighted by Gasteiger charge is 2.41. The number of hydrogen-bond donors (Lipinski definition) is 1. The number of aliphatic carboxylic acids is 1. The third-order valence-corrected chi connectivity index (χ3v) is 5.69. The maximum absolute atomic E-state index is 12.3. The van der Waals surface area contributed by atoms with Gasteiger partial charge in [0.2, 0.25) is 0 Å². The average molecular weight is 291 g/mol. The fourth-order valence-electron chi connectivity index (χ4n) is 1.63. The number of imidazole rings is 1. The highest BCUT2D eigenvalue weighted by molar-refractivity contribution is 8.00. The molecule has 2 heterocycles. The second-order valence-electron chi connectivity index (χ2n) is 3.98. The SMILES string of the molecule is Cc1nc(S(=O)(=O)N2CSCC2C(=O)O)cn1C. The fraction of sp³-hybridized carbons (Fsp3) is 0.556. The van der Waals surface area contributed by atoms with Gasteiger partial charge >= 0.3 is 5.97 Å². The highest BCUT2D eigenvalue weighted by atomic mass is 32.2. The number of nitrogens with zero attached hydrogens (tertiary/aromatic N) is 3. The Labute approximate surface area is 109 Å². The molecule has 1 unspecified atom stereocenters. The summed E-state index contributed by atoms with van der Waals surface area (Å²) in [6.45, 7) is 1.69. The Morgan fingerprint density at radius 2 is 2.28 bits per heavy atom. The van der Waals surface area contributed by atoms with Gasteiger partial charge in [-0.15, -0.1) is 11.8 Å². The van der Waals surface area contributed by atoms with Crippen LogP contribution in [-0.4, -0.2) is 51.0 Å². The normalized spacial score (nSPS) is 21.3. The molecule has 1 N–H and O–H groups in total. The van der Waals surface area contributed by atoms with E-state index in [2.05, 4.69) is 4.98 Å². The summed E-state index contributed by atoms with van der Waals surface area (Å²) >= 11 is 1.28. The van der Waals surface area contributed by atoms with E-state index in [9.17, 15) is 13.2 Å². The number of thioether (sulfide) groups is 1. The van der Waals surface area contributed by atoms with Crippen LogP contribution < -0.4 is 0 Å². The summed E-state index contributed by atoms with van der Waals surface area (Å²) in [6.07, 6.45) is 1.40. The van der Waals surface area contributed by atoms with E-state index in [1.807, 2.05) is 0 Å². The molecular weight excluding hydrogens is 278 g/mol. The molecule has 7 nitrogen and oxygen atoms in total. The van der Waals surface area contributed by atoms with Gasteiger partial charge in [0.05, 0.1) is 5.88 Å². The van der Waals surface area contributed by atoms with Gasteiger partial charge < -0.3 is 9.67 Å². The fourth-order valence-corrected chi connectivity index (χ4v) is 4.79. The number of hydrogen-bond acceptors (Lipinski definition) is 5. The molecule has 9 heteroatoms. The lowest BCUT2D eigenvalue weighted by molar-refractivity contribution is -0.140. The Bertz CT molecular complexity index is 561. The Kier molecular flexibility index (Phi) is 3.39. The molecule has 1 aromatic rings. The number of aromatic nitrogens is 2. The molecule has 1 aliphatic rings. The summed E-state index contributed by atoms with van der Waals surface area (Å²) < 4.78 is 27.2. The van der Waals surface area contributed by atoms with E-state index in [0.29, 0.717) is 5.82 Å². The van der Waals surface area contributed by atoms with Gasteiger partial charge in [0, 0.05) is 19.0 Å². The molecule has 0 saturated carbocycles. The lowest BCUT2D eigenvalue weighted by Gasteiger charge is -2.18. The Morgan fingerprint density at radius 3 is 2.78 bits per heavy atom. The molecule has 18 heavy (non-hydrogen) atoms. The first-order valence-corrected chi connectivity index (χ1v) is 7.76. The molecule has 0 spiro atoms. The van der Waals surface area contributed by atoms with Gasteiger partial charge in [-0.1, -0.05) is 0 Å². The van der Waals surface area contributed by atoms with E-state index in [1.54, 1.807) is 18.5 Å². The van der Waals surface area contributed by atoms with Crippen LogP contribution in [-0.2, 0) is 21.9 Å². The molecule has 2 rings (SSSR count). The third-order valence-electron chi connectivity index (χ3n) is 2.79. The monoisotopic (exact) mass is 291 g/mol. The van der Waals surface area contributed by atoms with Gasteiger partial charge in [-0.25, -0.2) is 13.4 Å².